The van der Waals surface area contributed by atoms with E-state index in [1.807, 2.05) is 0 Å². The highest BCUT2D eigenvalue weighted by atomic mass is 15.2. The molecule has 0 spiro atoms. The number of rotatable bonds is 3. The lowest BCUT2D eigenvalue weighted by Gasteiger charge is -2.28. The lowest BCUT2D eigenvalue weighted by atomic mass is 9.86. The third-order valence-electron chi connectivity index (χ3n) is 10.9. The Morgan fingerprint density at radius 1 is 0.451 bits per heavy atom. The Morgan fingerprint density at radius 3 is 1.51 bits per heavy atom. The summed E-state index contributed by atoms with van der Waals surface area (Å²) >= 11 is 0. The Kier molecular flexibility index (Phi) is 6.08. The molecule has 0 aliphatic carbocycles. The van der Waals surface area contributed by atoms with Gasteiger partial charge in [-0.3, -0.25) is 8.80 Å². The van der Waals surface area contributed by atoms with E-state index in [0.29, 0.717) is 0 Å². The third-order valence-corrected chi connectivity index (χ3v) is 10.9. The second kappa shape index (κ2) is 10.3. The quantitative estimate of drug-likeness (QED) is 0.188. The zero-order valence-electron chi connectivity index (χ0n) is 30.0. The molecule has 0 saturated heterocycles. The lowest BCUT2D eigenvalue weighted by Crippen LogP contribution is -2.14. The molecule has 51 heavy (non-hydrogen) atoms. The molecule has 3 aromatic heterocycles. The van der Waals surface area contributed by atoms with E-state index in [-0.39, 0.29) is 10.8 Å². The first-order valence-electron chi connectivity index (χ1n) is 18.0. The number of nitrogens with zero attached hydrogens (tertiary/aromatic N) is 4. The molecule has 4 nitrogen and oxygen atoms in total. The van der Waals surface area contributed by atoms with Gasteiger partial charge in [0.05, 0.1) is 27.6 Å². The summed E-state index contributed by atoms with van der Waals surface area (Å²) in [5.74, 6) is 0.943. The first kappa shape index (κ1) is 30.0. The van der Waals surface area contributed by atoms with E-state index in [4.69, 9.17) is 4.98 Å². The summed E-state index contributed by atoms with van der Waals surface area (Å²) in [6, 6.07) is 49.5. The van der Waals surface area contributed by atoms with Gasteiger partial charge in [0.25, 0.3) is 0 Å². The number of benzene rings is 7. The van der Waals surface area contributed by atoms with E-state index in [2.05, 4.69) is 189 Å². The molecule has 7 aromatic carbocycles. The molecule has 0 aliphatic heterocycles. The minimum Gasteiger partial charge on any atom is -0.310 e. The second-order valence-electron chi connectivity index (χ2n) is 16.3. The predicted molar refractivity (Wildman–Crippen MR) is 217 cm³/mol. The molecule has 10 aromatic rings. The van der Waals surface area contributed by atoms with Crippen molar-refractivity contribution in [2.24, 2.45) is 0 Å². The fourth-order valence-electron chi connectivity index (χ4n) is 8.11. The van der Waals surface area contributed by atoms with Gasteiger partial charge < -0.3 is 4.90 Å². The first-order chi connectivity index (χ1) is 24.5. The first-order valence-corrected chi connectivity index (χ1v) is 18.0. The molecule has 0 bridgehead atoms. The van der Waals surface area contributed by atoms with Crippen LogP contribution in [-0.2, 0) is 10.8 Å². The van der Waals surface area contributed by atoms with Gasteiger partial charge in [0, 0.05) is 27.8 Å². The number of hydrogen-bond acceptors (Lipinski definition) is 2. The van der Waals surface area contributed by atoms with E-state index >= 15 is 0 Å². The number of aromatic nitrogens is 3. The Balaban J connectivity index is 1.32. The molecule has 0 saturated carbocycles. The van der Waals surface area contributed by atoms with Gasteiger partial charge in [-0.25, -0.2) is 4.98 Å². The maximum atomic E-state index is 5.35. The minimum absolute atomic E-state index is 0.0657. The summed E-state index contributed by atoms with van der Waals surface area (Å²) in [5.41, 5.74) is 11.8. The highest BCUT2D eigenvalue weighted by Crippen LogP contribution is 2.44. The zero-order valence-corrected chi connectivity index (χ0v) is 30.0. The topological polar surface area (TPSA) is 25.0 Å². The molecule has 248 valence electrons. The van der Waals surface area contributed by atoms with Crippen LogP contribution >= 0.6 is 0 Å². The Labute approximate surface area is 297 Å². The number of imidazole rings is 2. The van der Waals surface area contributed by atoms with Crippen molar-refractivity contribution in [3.05, 3.63) is 145 Å². The van der Waals surface area contributed by atoms with Crippen LogP contribution in [0.1, 0.15) is 52.7 Å². The van der Waals surface area contributed by atoms with Gasteiger partial charge in [-0.2, -0.15) is 0 Å². The van der Waals surface area contributed by atoms with Gasteiger partial charge in [-0.15, -0.1) is 0 Å². The van der Waals surface area contributed by atoms with Gasteiger partial charge in [0.15, 0.2) is 0 Å². The van der Waals surface area contributed by atoms with Gasteiger partial charge in [0.2, 0.25) is 5.78 Å². The van der Waals surface area contributed by atoms with Crippen molar-refractivity contribution < 1.29 is 0 Å². The second-order valence-corrected chi connectivity index (χ2v) is 16.3. The van der Waals surface area contributed by atoms with Crippen LogP contribution in [0.15, 0.2) is 133 Å². The summed E-state index contributed by atoms with van der Waals surface area (Å²) in [4.78, 5) is 7.78. The average molecular weight is 661 g/mol. The van der Waals surface area contributed by atoms with E-state index in [1.165, 1.54) is 54.5 Å². The van der Waals surface area contributed by atoms with Crippen molar-refractivity contribution in [1.82, 2.24) is 13.8 Å². The van der Waals surface area contributed by atoms with Crippen LogP contribution in [0.2, 0.25) is 0 Å². The molecule has 0 amide bonds. The fraction of sp³-hybridized carbons (Fsp3) is 0.170. The van der Waals surface area contributed by atoms with E-state index in [0.717, 1.165) is 39.4 Å². The summed E-state index contributed by atoms with van der Waals surface area (Å²) in [6.07, 6.45) is 0. The average Bonchev–Trinajstić information content (AvgIpc) is 3.74. The van der Waals surface area contributed by atoms with Gasteiger partial charge in [-0.05, 0) is 104 Å². The minimum atomic E-state index is 0.0657. The third kappa shape index (κ3) is 4.49. The van der Waals surface area contributed by atoms with Crippen LogP contribution in [-0.4, -0.2) is 13.8 Å². The summed E-state index contributed by atoms with van der Waals surface area (Å²) < 4.78 is 4.77. The van der Waals surface area contributed by atoms with Crippen LogP contribution in [0.4, 0.5) is 17.1 Å². The monoisotopic (exact) mass is 660 g/mol. The Bertz CT molecular complexity index is 2910. The molecule has 10 rings (SSSR count). The van der Waals surface area contributed by atoms with Crippen molar-refractivity contribution in [2.45, 2.75) is 52.4 Å². The molecule has 0 unspecified atom stereocenters. The molecule has 3 heterocycles. The summed E-state index contributed by atoms with van der Waals surface area (Å²) in [6.45, 7) is 13.6. The highest BCUT2D eigenvalue weighted by Gasteiger charge is 2.25. The SMILES string of the molecule is CC(C)(C)c1ccc(N(c2ccc(C(C)(C)C)cc2)c2cc3c4cc5ccccc5cc4n4c3c(c2)n2c3cc5ccccc5cc3nc24)cc1. The van der Waals surface area contributed by atoms with Crippen molar-refractivity contribution >= 4 is 82.7 Å². The standard InChI is InChI=1S/C47H40N4/c1-46(2,3)33-15-19-35(20-16-33)49(36-21-17-34(18-22-36)47(4,5)6)37-27-39-38-23-29-11-7-9-13-31(29)25-41(38)51-44(39)43(28-37)50-42-26-32-14-10-8-12-30(32)24-40(42)48-45(50)51/h7-28H,1-6H3. The lowest BCUT2D eigenvalue weighted by molar-refractivity contribution is 0.590. The van der Waals surface area contributed by atoms with E-state index < -0.39 is 0 Å². The van der Waals surface area contributed by atoms with Crippen molar-refractivity contribution in [1.29, 1.82) is 0 Å². The molecule has 0 radical (unpaired) electrons. The highest BCUT2D eigenvalue weighted by molar-refractivity contribution is 6.20. The number of anilines is 3. The molecule has 0 fully saturated rings. The van der Waals surface area contributed by atoms with Crippen LogP contribution in [0.3, 0.4) is 0 Å². The van der Waals surface area contributed by atoms with Crippen molar-refractivity contribution in [3.8, 4) is 0 Å². The molecule has 0 atom stereocenters. The van der Waals surface area contributed by atoms with Crippen LogP contribution in [0.5, 0.6) is 0 Å². The molecule has 4 heteroatoms. The van der Waals surface area contributed by atoms with Crippen LogP contribution in [0.25, 0.3) is 65.7 Å². The largest absolute Gasteiger partial charge is 0.310 e. The zero-order chi connectivity index (χ0) is 34.8. The predicted octanol–water partition coefficient (Wildman–Crippen LogP) is 12.9. The van der Waals surface area contributed by atoms with Crippen molar-refractivity contribution in [3.63, 3.8) is 0 Å². The normalized spacial score (nSPS) is 12.9. The molecular weight excluding hydrogens is 621 g/mol. The summed E-state index contributed by atoms with van der Waals surface area (Å²) in [7, 11) is 0. The smallest absolute Gasteiger partial charge is 0.220 e. The van der Waals surface area contributed by atoms with Crippen LogP contribution < -0.4 is 4.90 Å². The maximum absolute atomic E-state index is 5.35. The van der Waals surface area contributed by atoms with Gasteiger partial charge in [-0.1, -0.05) is 114 Å². The number of fused-ring (bicyclic) bond motifs is 10. The number of hydrogen-bond donors (Lipinski definition) is 0. The summed E-state index contributed by atoms with van der Waals surface area (Å²) in [5, 5.41) is 7.35. The fourth-order valence-corrected chi connectivity index (χ4v) is 8.11. The Morgan fingerprint density at radius 2 is 0.961 bits per heavy atom. The Hall–Kier alpha value is -5.87. The molecule has 0 aliphatic rings. The van der Waals surface area contributed by atoms with Crippen LogP contribution in [0, 0.1) is 0 Å². The van der Waals surface area contributed by atoms with Gasteiger partial charge >= 0.3 is 0 Å². The molecular formula is C47H40N4. The van der Waals surface area contributed by atoms with E-state index in [9.17, 15) is 0 Å². The van der Waals surface area contributed by atoms with Gasteiger partial charge in [0.1, 0.15) is 0 Å². The molecule has 0 N–H and O–H groups in total. The van der Waals surface area contributed by atoms with E-state index in [1.54, 1.807) is 0 Å². The maximum Gasteiger partial charge on any atom is 0.220 e. The van der Waals surface area contributed by atoms with Crippen molar-refractivity contribution in [2.75, 3.05) is 4.90 Å².